The maximum absolute atomic E-state index is 13.1. The third-order valence-electron chi connectivity index (χ3n) is 5.62. The highest BCUT2D eigenvalue weighted by Crippen LogP contribution is 2.30. The molecule has 7 heteroatoms. The molecule has 1 saturated heterocycles. The predicted molar refractivity (Wildman–Crippen MR) is 109 cm³/mol. The molecule has 2 atom stereocenters. The molecule has 146 valence electrons. The molecular formula is C21H24FN5O. The quantitative estimate of drug-likeness (QED) is 0.719. The molecule has 1 fully saturated rings. The number of amides is 2. The van der Waals surface area contributed by atoms with Gasteiger partial charge in [0.15, 0.2) is 0 Å². The summed E-state index contributed by atoms with van der Waals surface area (Å²) < 4.78 is 13.1. The number of rotatable bonds is 3. The Labute approximate surface area is 163 Å². The number of anilines is 2. The highest BCUT2D eigenvalue weighted by Gasteiger charge is 2.32. The fourth-order valence-electron chi connectivity index (χ4n) is 3.91. The van der Waals surface area contributed by atoms with Crippen molar-refractivity contribution in [2.24, 2.45) is 5.92 Å². The van der Waals surface area contributed by atoms with E-state index in [-0.39, 0.29) is 17.9 Å². The van der Waals surface area contributed by atoms with E-state index in [1.165, 1.54) is 12.1 Å². The minimum atomic E-state index is -0.320. The van der Waals surface area contributed by atoms with Crippen LogP contribution in [-0.2, 0) is 0 Å². The number of nitrogens with one attached hydrogen (secondary N) is 2. The minimum Gasteiger partial charge on any atom is -0.369 e. The number of aromatic amines is 1. The van der Waals surface area contributed by atoms with Crippen molar-refractivity contribution in [3.05, 3.63) is 54.6 Å². The zero-order valence-corrected chi connectivity index (χ0v) is 16.0. The summed E-state index contributed by atoms with van der Waals surface area (Å²) in [5.74, 6) is 0.127. The van der Waals surface area contributed by atoms with Crippen LogP contribution in [0, 0.1) is 11.7 Å². The van der Waals surface area contributed by atoms with Crippen molar-refractivity contribution in [2.45, 2.75) is 19.4 Å². The number of halogens is 1. The molecule has 1 aromatic carbocycles. The van der Waals surface area contributed by atoms with Gasteiger partial charge in [-0.25, -0.2) is 14.2 Å². The fraction of sp³-hybridized carbons (Fsp3) is 0.333. The molecule has 0 aliphatic carbocycles. The Morgan fingerprint density at radius 1 is 1.29 bits per heavy atom. The van der Waals surface area contributed by atoms with Crippen LogP contribution in [0.4, 0.5) is 20.6 Å². The molecule has 6 nitrogen and oxygen atoms in total. The van der Waals surface area contributed by atoms with E-state index in [0.717, 1.165) is 23.1 Å². The van der Waals surface area contributed by atoms with Gasteiger partial charge in [-0.3, -0.25) is 0 Å². The van der Waals surface area contributed by atoms with Crippen LogP contribution in [0.25, 0.3) is 11.0 Å². The van der Waals surface area contributed by atoms with Crippen molar-refractivity contribution in [1.29, 1.82) is 0 Å². The summed E-state index contributed by atoms with van der Waals surface area (Å²) in [6.45, 7) is 3.55. The average molecular weight is 381 g/mol. The number of likely N-dealkylation sites (tertiary alicyclic amines) is 1. The largest absolute Gasteiger partial charge is 0.369 e. The summed E-state index contributed by atoms with van der Waals surface area (Å²) in [7, 11) is 2.07. The molecule has 2 N–H and O–H groups in total. The van der Waals surface area contributed by atoms with Crippen LogP contribution in [-0.4, -0.2) is 47.1 Å². The standard InChI is InChI=1S/C21H24FN5O/c1-14-9-12-27(21(28)25-16-5-3-15(22)4-6-16)13-19(14)26(2)18-8-11-24-20-17(18)7-10-23-20/h3-8,10-11,14,19H,9,12-13H2,1-2H3,(H,23,24)(H,25,28). The fourth-order valence-corrected chi connectivity index (χ4v) is 3.91. The second-order valence-electron chi connectivity index (χ2n) is 7.40. The van der Waals surface area contributed by atoms with Crippen molar-refractivity contribution in [3.63, 3.8) is 0 Å². The number of urea groups is 1. The van der Waals surface area contributed by atoms with Crippen LogP contribution in [0.2, 0.25) is 0 Å². The summed E-state index contributed by atoms with van der Waals surface area (Å²) in [4.78, 5) is 24.3. The molecule has 3 aromatic rings. The number of hydrogen-bond acceptors (Lipinski definition) is 3. The Kier molecular flexibility index (Phi) is 4.90. The third kappa shape index (κ3) is 3.52. The summed E-state index contributed by atoms with van der Waals surface area (Å²) >= 11 is 0. The molecule has 1 aliphatic rings. The monoisotopic (exact) mass is 381 g/mol. The third-order valence-corrected chi connectivity index (χ3v) is 5.62. The lowest BCUT2D eigenvalue weighted by molar-refractivity contribution is 0.172. The number of piperidine rings is 1. The normalized spacial score (nSPS) is 19.6. The zero-order valence-electron chi connectivity index (χ0n) is 16.0. The Hall–Kier alpha value is -3.09. The topological polar surface area (TPSA) is 64.3 Å². The molecule has 0 radical (unpaired) electrons. The second-order valence-corrected chi connectivity index (χ2v) is 7.40. The van der Waals surface area contributed by atoms with E-state index < -0.39 is 0 Å². The maximum atomic E-state index is 13.1. The number of H-pyrrole nitrogens is 1. The van der Waals surface area contributed by atoms with Gasteiger partial charge in [-0.1, -0.05) is 6.92 Å². The number of benzene rings is 1. The first kappa shape index (κ1) is 18.3. The molecule has 0 bridgehead atoms. The Bertz CT molecular complexity index is 970. The van der Waals surface area contributed by atoms with Crippen molar-refractivity contribution in [3.8, 4) is 0 Å². The maximum Gasteiger partial charge on any atom is 0.321 e. The van der Waals surface area contributed by atoms with Gasteiger partial charge in [0.25, 0.3) is 0 Å². The van der Waals surface area contributed by atoms with E-state index in [0.29, 0.717) is 24.7 Å². The number of aromatic nitrogens is 2. The number of fused-ring (bicyclic) bond motifs is 1. The molecule has 4 rings (SSSR count). The number of likely N-dealkylation sites (N-methyl/N-ethyl adjacent to an activating group) is 1. The Morgan fingerprint density at radius 3 is 2.86 bits per heavy atom. The molecule has 2 unspecified atom stereocenters. The van der Waals surface area contributed by atoms with Crippen LogP contribution in [0.15, 0.2) is 48.8 Å². The molecule has 28 heavy (non-hydrogen) atoms. The van der Waals surface area contributed by atoms with E-state index in [9.17, 15) is 9.18 Å². The summed E-state index contributed by atoms with van der Waals surface area (Å²) in [6, 6.07) is 9.91. The van der Waals surface area contributed by atoms with Gasteiger partial charge >= 0.3 is 6.03 Å². The number of carbonyl (C=O) groups is 1. The summed E-state index contributed by atoms with van der Waals surface area (Å²) in [6.07, 6.45) is 4.62. The average Bonchev–Trinajstić information content (AvgIpc) is 3.18. The Balaban J connectivity index is 1.50. The first-order chi connectivity index (χ1) is 13.5. The minimum absolute atomic E-state index is 0.154. The predicted octanol–water partition coefficient (Wildman–Crippen LogP) is 4.08. The van der Waals surface area contributed by atoms with Gasteiger partial charge in [0.2, 0.25) is 0 Å². The first-order valence-corrected chi connectivity index (χ1v) is 9.49. The molecule has 2 amide bonds. The molecule has 2 aromatic heterocycles. The van der Waals surface area contributed by atoms with Gasteiger partial charge in [-0.2, -0.15) is 0 Å². The van der Waals surface area contributed by atoms with E-state index in [1.54, 1.807) is 18.3 Å². The van der Waals surface area contributed by atoms with Crippen LogP contribution in [0.3, 0.4) is 0 Å². The Morgan fingerprint density at radius 2 is 2.07 bits per heavy atom. The smallest absolute Gasteiger partial charge is 0.321 e. The van der Waals surface area contributed by atoms with Crippen LogP contribution in [0.1, 0.15) is 13.3 Å². The molecule has 0 spiro atoms. The lowest BCUT2D eigenvalue weighted by atomic mass is 9.92. The lowest BCUT2D eigenvalue weighted by Crippen LogP contribution is -2.53. The zero-order chi connectivity index (χ0) is 19.7. The number of carbonyl (C=O) groups excluding carboxylic acids is 1. The highest BCUT2D eigenvalue weighted by atomic mass is 19.1. The van der Waals surface area contributed by atoms with Gasteiger partial charge in [-0.05, 0) is 48.7 Å². The van der Waals surface area contributed by atoms with Crippen molar-refractivity contribution in [1.82, 2.24) is 14.9 Å². The van der Waals surface area contributed by atoms with Gasteiger partial charge in [-0.15, -0.1) is 0 Å². The van der Waals surface area contributed by atoms with Gasteiger partial charge in [0, 0.05) is 55.3 Å². The first-order valence-electron chi connectivity index (χ1n) is 9.49. The van der Waals surface area contributed by atoms with Crippen molar-refractivity contribution >= 4 is 28.4 Å². The molecule has 0 saturated carbocycles. The highest BCUT2D eigenvalue weighted by molar-refractivity contribution is 5.90. The number of pyridine rings is 1. The summed E-state index contributed by atoms with van der Waals surface area (Å²) in [5, 5.41) is 3.94. The van der Waals surface area contributed by atoms with Crippen molar-refractivity contribution < 1.29 is 9.18 Å². The second kappa shape index (κ2) is 7.50. The summed E-state index contributed by atoms with van der Waals surface area (Å²) in [5.41, 5.74) is 2.56. The van der Waals surface area contributed by atoms with Crippen molar-refractivity contribution in [2.75, 3.05) is 30.4 Å². The van der Waals surface area contributed by atoms with Crippen LogP contribution in [0.5, 0.6) is 0 Å². The van der Waals surface area contributed by atoms with E-state index >= 15 is 0 Å². The lowest BCUT2D eigenvalue weighted by Gasteiger charge is -2.42. The van der Waals surface area contributed by atoms with E-state index in [2.05, 4.69) is 34.2 Å². The number of nitrogens with zero attached hydrogens (tertiary/aromatic N) is 3. The van der Waals surface area contributed by atoms with Crippen LogP contribution < -0.4 is 10.2 Å². The van der Waals surface area contributed by atoms with E-state index in [1.807, 2.05) is 23.2 Å². The number of hydrogen-bond donors (Lipinski definition) is 2. The van der Waals surface area contributed by atoms with Gasteiger partial charge in [0.05, 0.1) is 0 Å². The van der Waals surface area contributed by atoms with E-state index in [4.69, 9.17) is 0 Å². The van der Waals surface area contributed by atoms with Gasteiger partial charge in [0.1, 0.15) is 11.5 Å². The molecular weight excluding hydrogens is 357 g/mol. The molecule has 3 heterocycles. The molecule has 1 aliphatic heterocycles. The van der Waals surface area contributed by atoms with Crippen LogP contribution >= 0.6 is 0 Å². The van der Waals surface area contributed by atoms with Gasteiger partial charge < -0.3 is 20.1 Å². The SMILES string of the molecule is CC1CCN(C(=O)Nc2ccc(F)cc2)CC1N(C)c1ccnc2[nH]ccc12.